The van der Waals surface area contributed by atoms with Crippen LogP contribution >= 0.6 is 0 Å². The summed E-state index contributed by atoms with van der Waals surface area (Å²) in [5.74, 6) is -0.138. The van der Waals surface area contributed by atoms with Gasteiger partial charge in [-0.3, -0.25) is 0 Å². The molecule has 0 saturated carbocycles. The predicted octanol–water partition coefficient (Wildman–Crippen LogP) is 3.22. The van der Waals surface area contributed by atoms with Gasteiger partial charge in [0.05, 0.1) is 13.2 Å². The van der Waals surface area contributed by atoms with Gasteiger partial charge < -0.3 is 14.7 Å². The average Bonchev–Trinajstić information content (AvgIpc) is 2.47. The van der Waals surface area contributed by atoms with Crippen LogP contribution in [0.5, 0.6) is 5.75 Å². The van der Waals surface area contributed by atoms with Crippen LogP contribution in [0.15, 0.2) is 48.5 Å². The van der Waals surface area contributed by atoms with Crippen LogP contribution in [0.4, 0.5) is 10.1 Å². The van der Waals surface area contributed by atoms with Crippen molar-refractivity contribution in [1.29, 1.82) is 0 Å². The smallest absolute Gasteiger partial charge is 0.165 e. The Morgan fingerprint density at radius 1 is 1.19 bits per heavy atom. The summed E-state index contributed by atoms with van der Waals surface area (Å²) in [5, 5.41) is 9.66. The molecule has 0 aliphatic rings. The standard InChI is InChI=1S/C17H20FNO2/c1-13(20)11-19(15-6-4-3-5-7-15)12-14-8-9-17(21-2)16(18)10-14/h3-10,13,20H,11-12H2,1-2H3/t13-/m1/s1. The van der Waals surface area contributed by atoms with Crippen LogP contribution in [0.25, 0.3) is 0 Å². The summed E-state index contributed by atoms with van der Waals surface area (Å²) >= 11 is 0. The molecule has 0 amide bonds. The number of hydrogen-bond donors (Lipinski definition) is 1. The molecule has 0 bridgehead atoms. The minimum absolute atomic E-state index is 0.237. The SMILES string of the molecule is COc1ccc(CN(C[C@@H](C)O)c2ccccc2)cc1F. The number of hydrogen-bond acceptors (Lipinski definition) is 3. The summed E-state index contributed by atoms with van der Waals surface area (Å²) in [4.78, 5) is 2.02. The molecule has 0 saturated heterocycles. The predicted molar refractivity (Wildman–Crippen MR) is 82.1 cm³/mol. The van der Waals surface area contributed by atoms with E-state index in [0.29, 0.717) is 13.1 Å². The monoisotopic (exact) mass is 289 g/mol. The Morgan fingerprint density at radius 3 is 2.48 bits per heavy atom. The number of anilines is 1. The van der Waals surface area contributed by atoms with Crippen LogP contribution in [0.2, 0.25) is 0 Å². The summed E-state index contributed by atoms with van der Waals surface area (Å²) in [6.45, 7) is 2.75. The largest absolute Gasteiger partial charge is 0.494 e. The molecule has 0 heterocycles. The highest BCUT2D eigenvalue weighted by atomic mass is 19.1. The zero-order valence-corrected chi connectivity index (χ0v) is 12.3. The zero-order chi connectivity index (χ0) is 15.2. The molecule has 0 aromatic heterocycles. The first-order valence-corrected chi connectivity index (χ1v) is 6.90. The lowest BCUT2D eigenvalue weighted by molar-refractivity contribution is 0.199. The van der Waals surface area contributed by atoms with E-state index in [1.54, 1.807) is 13.0 Å². The Labute approximate surface area is 124 Å². The molecule has 21 heavy (non-hydrogen) atoms. The summed E-state index contributed by atoms with van der Waals surface area (Å²) in [5.41, 5.74) is 1.83. The van der Waals surface area contributed by atoms with Gasteiger partial charge in [-0.1, -0.05) is 24.3 Å². The zero-order valence-electron chi connectivity index (χ0n) is 12.3. The van der Waals surface area contributed by atoms with Crippen molar-refractivity contribution in [2.45, 2.75) is 19.6 Å². The fourth-order valence-electron chi connectivity index (χ4n) is 2.25. The molecule has 112 valence electrons. The molecule has 4 heteroatoms. The van der Waals surface area contributed by atoms with E-state index in [-0.39, 0.29) is 11.6 Å². The van der Waals surface area contributed by atoms with Crippen LogP contribution < -0.4 is 9.64 Å². The van der Waals surface area contributed by atoms with Gasteiger partial charge in [0.2, 0.25) is 0 Å². The second kappa shape index (κ2) is 7.09. The summed E-state index contributed by atoms with van der Waals surface area (Å²) in [6.07, 6.45) is -0.465. The van der Waals surface area contributed by atoms with E-state index in [0.717, 1.165) is 11.3 Å². The maximum Gasteiger partial charge on any atom is 0.165 e. The van der Waals surface area contributed by atoms with E-state index in [9.17, 15) is 9.50 Å². The fraction of sp³-hybridized carbons (Fsp3) is 0.294. The van der Waals surface area contributed by atoms with Crippen LogP contribution in [0.3, 0.4) is 0 Å². The van der Waals surface area contributed by atoms with Gasteiger partial charge in [0.1, 0.15) is 0 Å². The van der Waals surface area contributed by atoms with Crippen molar-refractivity contribution in [1.82, 2.24) is 0 Å². The Hall–Kier alpha value is -2.07. The van der Waals surface area contributed by atoms with Gasteiger partial charge in [0, 0.05) is 18.8 Å². The third-order valence-electron chi connectivity index (χ3n) is 3.20. The molecular formula is C17H20FNO2. The first-order valence-electron chi connectivity index (χ1n) is 6.90. The summed E-state index contributed by atoms with van der Waals surface area (Å²) in [6, 6.07) is 14.7. The maximum absolute atomic E-state index is 13.8. The Kier molecular flexibility index (Phi) is 5.17. The van der Waals surface area contributed by atoms with E-state index < -0.39 is 6.10 Å². The van der Waals surface area contributed by atoms with Gasteiger partial charge in [0.25, 0.3) is 0 Å². The first-order chi connectivity index (χ1) is 10.1. The summed E-state index contributed by atoms with van der Waals surface area (Å²) < 4.78 is 18.7. The third-order valence-corrected chi connectivity index (χ3v) is 3.20. The van der Waals surface area contributed by atoms with Gasteiger partial charge in [-0.05, 0) is 36.8 Å². The number of rotatable bonds is 6. The Morgan fingerprint density at radius 2 is 1.90 bits per heavy atom. The van der Waals surface area contributed by atoms with Gasteiger partial charge >= 0.3 is 0 Å². The lowest BCUT2D eigenvalue weighted by Gasteiger charge is -2.26. The highest BCUT2D eigenvalue weighted by Crippen LogP contribution is 2.21. The van der Waals surface area contributed by atoms with Crippen molar-refractivity contribution in [3.63, 3.8) is 0 Å². The van der Waals surface area contributed by atoms with E-state index >= 15 is 0 Å². The number of ether oxygens (including phenoxy) is 1. The average molecular weight is 289 g/mol. The highest BCUT2D eigenvalue weighted by molar-refractivity contribution is 5.47. The maximum atomic E-state index is 13.8. The Bertz CT molecular complexity index is 572. The number of nitrogens with zero attached hydrogens (tertiary/aromatic N) is 1. The normalized spacial score (nSPS) is 12.0. The minimum atomic E-state index is -0.465. The van der Waals surface area contributed by atoms with Crippen LogP contribution in [-0.4, -0.2) is 24.9 Å². The number of para-hydroxylation sites is 1. The molecule has 0 aliphatic heterocycles. The van der Waals surface area contributed by atoms with Crippen molar-refractivity contribution in [2.75, 3.05) is 18.6 Å². The number of benzene rings is 2. The lowest BCUT2D eigenvalue weighted by Crippen LogP contribution is -2.30. The molecular weight excluding hydrogens is 269 g/mol. The van der Waals surface area contributed by atoms with Gasteiger partial charge in [0.15, 0.2) is 11.6 Å². The number of aliphatic hydroxyl groups excluding tert-OH is 1. The number of aliphatic hydroxyl groups is 1. The molecule has 2 aromatic carbocycles. The van der Waals surface area contributed by atoms with Gasteiger partial charge in [-0.15, -0.1) is 0 Å². The van der Waals surface area contributed by atoms with Crippen LogP contribution in [0, 0.1) is 5.82 Å². The van der Waals surface area contributed by atoms with Crippen LogP contribution in [0.1, 0.15) is 12.5 Å². The molecule has 1 atom stereocenters. The molecule has 3 nitrogen and oxygen atoms in total. The lowest BCUT2D eigenvalue weighted by atomic mass is 10.1. The molecule has 2 rings (SSSR count). The van der Waals surface area contributed by atoms with E-state index in [2.05, 4.69) is 0 Å². The van der Waals surface area contributed by atoms with E-state index in [4.69, 9.17) is 4.74 Å². The molecule has 0 radical (unpaired) electrons. The van der Waals surface area contributed by atoms with Gasteiger partial charge in [-0.2, -0.15) is 0 Å². The molecule has 0 aliphatic carbocycles. The second-order valence-electron chi connectivity index (χ2n) is 5.03. The topological polar surface area (TPSA) is 32.7 Å². The minimum Gasteiger partial charge on any atom is -0.494 e. The molecule has 1 N–H and O–H groups in total. The molecule has 0 spiro atoms. The first kappa shape index (κ1) is 15.3. The molecule has 0 unspecified atom stereocenters. The van der Waals surface area contributed by atoms with Crippen LogP contribution in [-0.2, 0) is 6.54 Å². The van der Waals surface area contributed by atoms with Crippen molar-refractivity contribution in [2.24, 2.45) is 0 Å². The van der Waals surface area contributed by atoms with Crippen molar-refractivity contribution < 1.29 is 14.2 Å². The third kappa shape index (κ3) is 4.20. The van der Waals surface area contributed by atoms with E-state index in [1.165, 1.54) is 13.2 Å². The number of halogens is 1. The Balaban J connectivity index is 2.21. The summed E-state index contributed by atoms with van der Waals surface area (Å²) in [7, 11) is 1.45. The molecule has 2 aromatic rings. The molecule has 0 fully saturated rings. The second-order valence-corrected chi connectivity index (χ2v) is 5.03. The fourth-order valence-corrected chi connectivity index (χ4v) is 2.25. The van der Waals surface area contributed by atoms with E-state index in [1.807, 2.05) is 41.3 Å². The van der Waals surface area contributed by atoms with Crippen molar-refractivity contribution >= 4 is 5.69 Å². The van der Waals surface area contributed by atoms with Gasteiger partial charge in [-0.25, -0.2) is 4.39 Å². The number of methoxy groups -OCH3 is 1. The quantitative estimate of drug-likeness (QED) is 0.886. The van der Waals surface area contributed by atoms with Crippen molar-refractivity contribution in [3.05, 3.63) is 59.9 Å². The van der Waals surface area contributed by atoms with Crippen molar-refractivity contribution in [3.8, 4) is 5.75 Å². The highest BCUT2D eigenvalue weighted by Gasteiger charge is 2.11.